The number of halogens is 1. The first-order valence-electron chi connectivity index (χ1n) is 3.88. The lowest BCUT2D eigenvalue weighted by Gasteiger charge is -1.97. The van der Waals surface area contributed by atoms with Gasteiger partial charge in [-0.3, -0.25) is 0 Å². The zero-order chi connectivity index (χ0) is 9.42. The van der Waals surface area contributed by atoms with E-state index < -0.39 is 0 Å². The highest BCUT2D eigenvalue weighted by Crippen LogP contribution is 2.33. The molecule has 66 valence electrons. The van der Waals surface area contributed by atoms with Gasteiger partial charge >= 0.3 is 5.97 Å². The molecule has 0 saturated carbocycles. The van der Waals surface area contributed by atoms with Crippen molar-refractivity contribution in [1.29, 1.82) is 0 Å². The van der Waals surface area contributed by atoms with Crippen LogP contribution in [0.4, 0.5) is 0 Å². The molecule has 1 heterocycles. The van der Waals surface area contributed by atoms with Gasteiger partial charge in [-0.25, -0.2) is 4.79 Å². The smallest absolute Gasteiger partial charge is 0.344 e. The van der Waals surface area contributed by atoms with Crippen molar-refractivity contribution in [2.45, 2.75) is 6.92 Å². The van der Waals surface area contributed by atoms with Gasteiger partial charge in [0.15, 0.2) is 0 Å². The van der Waals surface area contributed by atoms with Crippen LogP contribution in [-0.2, 0) is 4.74 Å². The van der Waals surface area contributed by atoms with Gasteiger partial charge in [-0.15, -0.1) is 0 Å². The molecule has 2 rings (SSSR count). The van der Waals surface area contributed by atoms with E-state index in [1.165, 1.54) is 0 Å². The number of allylic oxidation sites excluding steroid dienone is 1. The molecule has 0 bridgehead atoms. The Kier molecular flexibility index (Phi) is 2.11. The summed E-state index contributed by atoms with van der Waals surface area (Å²) in [5, 5.41) is 0. The molecule has 0 aromatic heterocycles. The van der Waals surface area contributed by atoms with Crippen LogP contribution in [0.2, 0.25) is 0 Å². The third kappa shape index (κ3) is 1.37. The second-order valence-corrected chi connectivity index (χ2v) is 4.42. The van der Waals surface area contributed by atoms with Crippen molar-refractivity contribution < 1.29 is 9.53 Å². The summed E-state index contributed by atoms with van der Waals surface area (Å²) in [6.07, 6.45) is 0. The first-order chi connectivity index (χ1) is 6.20. The van der Waals surface area contributed by atoms with Crippen LogP contribution in [0.3, 0.4) is 0 Å². The number of carbonyl (C=O) groups excluding carboxylic acids is 1. The topological polar surface area (TPSA) is 26.3 Å². The van der Waals surface area contributed by atoms with Crippen LogP contribution in [0, 0.1) is 0 Å². The average Bonchev–Trinajstić information content (AvgIpc) is 2.45. The Labute approximate surface area is 89.7 Å². The van der Waals surface area contributed by atoms with Crippen LogP contribution < -0.4 is 0 Å². The first-order valence-corrected chi connectivity index (χ1v) is 4.96. The molecule has 13 heavy (non-hydrogen) atoms. The van der Waals surface area contributed by atoms with E-state index >= 15 is 0 Å². The van der Waals surface area contributed by atoms with E-state index in [9.17, 15) is 4.79 Å². The number of benzene rings is 1. The number of hydrogen-bond donors (Lipinski definition) is 0. The zero-order valence-corrected chi connectivity index (χ0v) is 9.16. The van der Waals surface area contributed by atoms with Crippen LogP contribution >= 0.6 is 22.6 Å². The maximum atomic E-state index is 11.3. The highest BCUT2D eigenvalue weighted by molar-refractivity contribution is 14.1. The van der Waals surface area contributed by atoms with E-state index in [4.69, 9.17) is 4.74 Å². The molecule has 0 aliphatic carbocycles. The van der Waals surface area contributed by atoms with E-state index in [1.807, 2.05) is 25.1 Å². The van der Waals surface area contributed by atoms with E-state index in [1.54, 1.807) is 6.07 Å². The molecule has 0 radical (unpaired) electrons. The lowest BCUT2D eigenvalue weighted by Crippen LogP contribution is -1.92. The summed E-state index contributed by atoms with van der Waals surface area (Å²) < 4.78 is 6.12. The zero-order valence-electron chi connectivity index (χ0n) is 7.00. The minimum absolute atomic E-state index is 0.249. The summed E-state index contributed by atoms with van der Waals surface area (Å²) in [5.74, 6) is 0.447. The molecule has 0 saturated heterocycles. The fraction of sp³-hybridized carbons (Fsp3) is 0.100. The molecule has 0 atom stereocenters. The number of carbonyl (C=O) groups is 1. The van der Waals surface area contributed by atoms with Gasteiger partial charge in [0.25, 0.3) is 0 Å². The Morgan fingerprint density at radius 1 is 1.31 bits per heavy atom. The molecule has 1 aromatic carbocycles. The maximum Gasteiger partial charge on any atom is 0.344 e. The van der Waals surface area contributed by atoms with Crippen LogP contribution in [0.25, 0.3) is 5.76 Å². The Bertz CT molecular complexity index is 403. The number of ether oxygens (including phenoxy) is 1. The molecule has 0 fully saturated rings. The minimum atomic E-state index is -0.249. The quantitative estimate of drug-likeness (QED) is 0.541. The normalized spacial score (nSPS) is 18.2. The van der Waals surface area contributed by atoms with E-state index in [0.717, 1.165) is 9.14 Å². The Hall–Kier alpha value is -0.840. The lowest BCUT2D eigenvalue weighted by atomic mass is 10.1. The van der Waals surface area contributed by atoms with Gasteiger partial charge < -0.3 is 4.74 Å². The second kappa shape index (κ2) is 3.14. The Balaban J connectivity index is 2.67. The van der Waals surface area contributed by atoms with E-state index in [-0.39, 0.29) is 5.97 Å². The Morgan fingerprint density at radius 2 is 1.92 bits per heavy atom. The SMILES string of the molecule is C/C(I)=C1/OC(=O)c2ccccc21. The maximum absolute atomic E-state index is 11.3. The predicted molar refractivity (Wildman–Crippen MR) is 58.5 cm³/mol. The van der Waals surface area contributed by atoms with Crippen LogP contribution in [-0.4, -0.2) is 5.97 Å². The van der Waals surface area contributed by atoms with Crippen molar-refractivity contribution >= 4 is 34.3 Å². The number of esters is 1. The number of rotatable bonds is 0. The number of fused-ring (bicyclic) bond motifs is 1. The predicted octanol–water partition coefficient (Wildman–Crippen LogP) is 2.98. The monoisotopic (exact) mass is 286 g/mol. The summed E-state index contributed by atoms with van der Waals surface area (Å²) in [5.41, 5.74) is 1.56. The summed E-state index contributed by atoms with van der Waals surface area (Å²) in [7, 11) is 0. The van der Waals surface area contributed by atoms with Crippen molar-refractivity contribution in [3.8, 4) is 0 Å². The van der Waals surface area contributed by atoms with E-state index in [0.29, 0.717) is 11.3 Å². The summed E-state index contributed by atoms with van der Waals surface area (Å²) >= 11 is 2.15. The Morgan fingerprint density at radius 3 is 2.54 bits per heavy atom. The van der Waals surface area contributed by atoms with Gasteiger partial charge in [0, 0.05) is 9.14 Å². The van der Waals surface area contributed by atoms with Crippen molar-refractivity contribution in [2.75, 3.05) is 0 Å². The van der Waals surface area contributed by atoms with Crippen LogP contribution in [0.1, 0.15) is 22.8 Å². The van der Waals surface area contributed by atoms with Gasteiger partial charge in [-0.2, -0.15) is 0 Å². The van der Waals surface area contributed by atoms with Crippen molar-refractivity contribution in [1.82, 2.24) is 0 Å². The lowest BCUT2D eigenvalue weighted by molar-refractivity contribution is 0.0715. The summed E-state index contributed by atoms with van der Waals surface area (Å²) in [6.45, 7) is 1.92. The molecule has 1 aromatic rings. The highest BCUT2D eigenvalue weighted by Gasteiger charge is 2.26. The molecule has 0 N–H and O–H groups in total. The van der Waals surface area contributed by atoms with Gasteiger partial charge in [0.1, 0.15) is 5.76 Å². The molecular formula is C10H7IO2. The summed E-state index contributed by atoms with van der Waals surface area (Å²) in [6, 6.07) is 7.42. The first kappa shape index (κ1) is 8.74. The number of hydrogen-bond acceptors (Lipinski definition) is 2. The van der Waals surface area contributed by atoms with Crippen LogP contribution in [0.5, 0.6) is 0 Å². The molecule has 1 aliphatic rings. The molecular weight excluding hydrogens is 279 g/mol. The second-order valence-electron chi connectivity index (χ2n) is 2.80. The molecule has 2 nitrogen and oxygen atoms in total. The third-order valence-electron chi connectivity index (χ3n) is 1.90. The molecule has 0 unspecified atom stereocenters. The van der Waals surface area contributed by atoms with Crippen molar-refractivity contribution in [3.05, 3.63) is 39.0 Å². The molecule has 0 amide bonds. The van der Waals surface area contributed by atoms with Gasteiger partial charge in [0.05, 0.1) is 5.56 Å². The van der Waals surface area contributed by atoms with Gasteiger partial charge in [-0.05, 0) is 35.6 Å². The molecule has 3 heteroatoms. The van der Waals surface area contributed by atoms with Crippen molar-refractivity contribution in [3.63, 3.8) is 0 Å². The summed E-state index contributed by atoms with van der Waals surface area (Å²) in [4.78, 5) is 11.3. The fourth-order valence-electron chi connectivity index (χ4n) is 1.32. The van der Waals surface area contributed by atoms with Gasteiger partial charge in [-0.1, -0.05) is 18.2 Å². The fourth-order valence-corrected chi connectivity index (χ4v) is 1.72. The molecule has 0 spiro atoms. The van der Waals surface area contributed by atoms with Gasteiger partial charge in [0.2, 0.25) is 0 Å². The standard InChI is InChI=1S/C10H7IO2/c1-6(11)9-7-4-2-3-5-8(7)10(12)13-9/h2-5H,1H3/b9-6-. The largest absolute Gasteiger partial charge is 0.421 e. The number of cyclic esters (lactones) is 1. The van der Waals surface area contributed by atoms with E-state index in [2.05, 4.69) is 22.6 Å². The molecule has 1 aliphatic heterocycles. The highest BCUT2D eigenvalue weighted by atomic mass is 127. The van der Waals surface area contributed by atoms with Crippen molar-refractivity contribution in [2.24, 2.45) is 0 Å². The minimum Gasteiger partial charge on any atom is -0.421 e. The average molecular weight is 286 g/mol. The van der Waals surface area contributed by atoms with Crippen LogP contribution in [0.15, 0.2) is 27.8 Å². The third-order valence-corrected chi connectivity index (χ3v) is 2.39.